The summed E-state index contributed by atoms with van der Waals surface area (Å²) in [5, 5.41) is 21.4. The first-order valence-electron chi connectivity index (χ1n) is 11.3. The molecular formula is C24H31N4O3+. The highest BCUT2D eigenvalue weighted by Gasteiger charge is 2.58. The summed E-state index contributed by atoms with van der Waals surface area (Å²) in [6, 6.07) is 5.52. The van der Waals surface area contributed by atoms with E-state index in [-0.39, 0.29) is 28.4 Å². The molecule has 31 heavy (non-hydrogen) atoms. The van der Waals surface area contributed by atoms with Crippen molar-refractivity contribution in [3.05, 3.63) is 45.9 Å². The Kier molecular flexibility index (Phi) is 5.83. The predicted octanol–water partition coefficient (Wildman–Crippen LogP) is 3.81. The smallest absolute Gasteiger partial charge is 0.281 e. The summed E-state index contributed by atoms with van der Waals surface area (Å²) in [7, 11) is 3.92. The molecule has 3 aliphatic carbocycles. The van der Waals surface area contributed by atoms with Crippen LogP contribution in [-0.4, -0.2) is 29.7 Å². The van der Waals surface area contributed by atoms with Gasteiger partial charge in [0.1, 0.15) is 5.78 Å². The molecule has 0 radical (unpaired) electrons. The van der Waals surface area contributed by atoms with Gasteiger partial charge in [0.2, 0.25) is 6.04 Å². The Labute approximate surface area is 183 Å². The summed E-state index contributed by atoms with van der Waals surface area (Å²) >= 11 is 0. The molecule has 0 spiro atoms. The molecule has 6 unspecified atom stereocenters. The summed E-state index contributed by atoms with van der Waals surface area (Å²) in [5.74, 6) is 1.92. The van der Waals surface area contributed by atoms with Gasteiger partial charge in [0.25, 0.3) is 5.69 Å². The maximum Gasteiger partial charge on any atom is 0.281 e. The van der Waals surface area contributed by atoms with E-state index in [1.54, 1.807) is 31.5 Å². The highest BCUT2D eigenvalue weighted by atomic mass is 16.6. The van der Waals surface area contributed by atoms with E-state index in [1.807, 2.05) is 19.0 Å². The molecular weight excluding hydrogens is 392 g/mol. The minimum atomic E-state index is -0.382. The normalized spacial score (nSPS) is 32.1. The summed E-state index contributed by atoms with van der Waals surface area (Å²) in [5.41, 5.74) is 1.74. The fourth-order valence-electron chi connectivity index (χ4n) is 6.79. The van der Waals surface area contributed by atoms with Gasteiger partial charge in [-0.05, 0) is 37.5 Å². The summed E-state index contributed by atoms with van der Waals surface area (Å²) in [6.07, 6.45) is 9.96. The van der Waals surface area contributed by atoms with Crippen molar-refractivity contribution in [2.75, 3.05) is 14.1 Å². The number of nitro groups is 1. The lowest BCUT2D eigenvalue weighted by Gasteiger charge is -2.42. The number of aromatic nitrogens is 1. The van der Waals surface area contributed by atoms with Gasteiger partial charge in [-0.15, -0.1) is 0 Å². The van der Waals surface area contributed by atoms with Crippen molar-refractivity contribution >= 4 is 11.5 Å². The second-order valence-corrected chi connectivity index (χ2v) is 9.71. The van der Waals surface area contributed by atoms with E-state index in [0.29, 0.717) is 30.1 Å². The Bertz CT molecular complexity index is 947. The molecule has 1 aromatic heterocycles. The zero-order chi connectivity index (χ0) is 22.3. The van der Waals surface area contributed by atoms with Crippen LogP contribution < -0.4 is 4.57 Å². The van der Waals surface area contributed by atoms with E-state index in [2.05, 4.69) is 10.6 Å². The van der Waals surface area contributed by atoms with Gasteiger partial charge in [0.05, 0.1) is 34.4 Å². The number of fused-ring (bicyclic) bond motifs is 3. The van der Waals surface area contributed by atoms with Gasteiger partial charge in [-0.2, -0.15) is 9.83 Å². The number of Topliss-reactive ketones (excluding diaryl/α,β-unsaturated/α-hetero) is 1. The van der Waals surface area contributed by atoms with E-state index in [9.17, 15) is 20.2 Å². The number of nitriles is 1. The minimum absolute atomic E-state index is 0.0367. The lowest BCUT2D eigenvalue weighted by Crippen LogP contribution is -2.53. The molecule has 0 amide bonds. The maximum atomic E-state index is 12.2. The van der Waals surface area contributed by atoms with Crippen LogP contribution in [0.4, 0.5) is 5.69 Å². The van der Waals surface area contributed by atoms with E-state index >= 15 is 0 Å². The molecule has 2 saturated carbocycles. The first-order chi connectivity index (χ1) is 14.8. The molecule has 0 saturated heterocycles. The fraction of sp³-hybridized carbons (Fsp3) is 0.625. The van der Waals surface area contributed by atoms with Gasteiger partial charge < -0.3 is 9.69 Å². The minimum Gasteiger partial charge on any atom is -0.375 e. The van der Waals surface area contributed by atoms with Crippen LogP contribution in [0.25, 0.3) is 0 Å². The number of likely N-dealkylation sites (N-methyl/N-ethyl adjacent to an activating group) is 1. The van der Waals surface area contributed by atoms with Crippen molar-refractivity contribution in [2.24, 2.45) is 29.6 Å². The number of hydrogen-bond donors (Lipinski definition) is 0. The number of ketones is 1. The molecule has 0 aliphatic heterocycles. The van der Waals surface area contributed by atoms with Crippen molar-refractivity contribution in [2.45, 2.75) is 51.5 Å². The summed E-state index contributed by atoms with van der Waals surface area (Å²) in [4.78, 5) is 25.0. The topological polar surface area (TPSA) is 91.1 Å². The van der Waals surface area contributed by atoms with Crippen molar-refractivity contribution in [1.29, 1.82) is 5.26 Å². The van der Waals surface area contributed by atoms with Crippen LogP contribution in [0.15, 0.2) is 35.8 Å². The third kappa shape index (κ3) is 3.73. The van der Waals surface area contributed by atoms with Crippen molar-refractivity contribution < 1.29 is 14.3 Å². The van der Waals surface area contributed by atoms with Crippen molar-refractivity contribution in [3.8, 4) is 6.07 Å². The Morgan fingerprint density at radius 3 is 2.52 bits per heavy atom. The summed E-state index contributed by atoms with van der Waals surface area (Å²) < 4.78 is 2.07. The van der Waals surface area contributed by atoms with Crippen molar-refractivity contribution in [1.82, 2.24) is 4.90 Å². The van der Waals surface area contributed by atoms with Gasteiger partial charge >= 0.3 is 0 Å². The molecule has 7 nitrogen and oxygen atoms in total. The number of pyridine rings is 1. The third-order valence-corrected chi connectivity index (χ3v) is 7.82. The zero-order valence-corrected chi connectivity index (χ0v) is 18.5. The van der Waals surface area contributed by atoms with E-state index < -0.39 is 0 Å². The molecule has 6 atom stereocenters. The Hall–Kier alpha value is -2.75. The molecule has 7 heteroatoms. The number of nitrogens with zero attached hydrogens (tertiary/aromatic N) is 4. The molecule has 2 fully saturated rings. The Morgan fingerprint density at radius 1 is 1.26 bits per heavy atom. The molecule has 0 bridgehead atoms. The lowest BCUT2D eigenvalue weighted by atomic mass is 9.65. The Morgan fingerprint density at radius 2 is 1.94 bits per heavy atom. The SMILES string of the molecule is CC(=O)CC1C(C#N)=C(N(C)C)C([n+]2ccc([N+](=O)[O-])cc2)C2C3CCCCC3CC12. The van der Waals surface area contributed by atoms with Crippen LogP contribution in [0.5, 0.6) is 0 Å². The monoisotopic (exact) mass is 423 g/mol. The largest absolute Gasteiger partial charge is 0.375 e. The van der Waals surface area contributed by atoms with Gasteiger partial charge in [0, 0.05) is 32.4 Å². The average Bonchev–Trinajstić information content (AvgIpc) is 3.12. The first kappa shape index (κ1) is 21.5. The highest BCUT2D eigenvalue weighted by Crippen LogP contribution is 2.60. The van der Waals surface area contributed by atoms with Crippen LogP contribution >= 0.6 is 0 Å². The van der Waals surface area contributed by atoms with Gasteiger partial charge in [-0.3, -0.25) is 10.1 Å². The van der Waals surface area contributed by atoms with E-state index in [1.165, 1.54) is 25.7 Å². The Balaban J connectivity index is 1.89. The van der Waals surface area contributed by atoms with E-state index in [4.69, 9.17) is 0 Å². The second kappa shape index (κ2) is 8.41. The second-order valence-electron chi connectivity index (χ2n) is 9.71. The number of hydrogen-bond acceptors (Lipinski definition) is 5. The van der Waals surface area contributed by atoms with Crippen LogP contribution in [0.3, 0.4) is 0 Å². The van der Waals surface area contributed by atoms with Crippen LogP contribution in [-0.2, 0) is 4.79 Å². The molecule has 0 N–H and O–H groups in total. The predicted molar refractivity (Wildman–Crippen MR) is 114 cm³/mol. The number of carbonyl (C=O) groups is 1. The molecule has 0 aromatic carbocycles. The van der Waals surface area contributed by atoms with Crippen LogP contribution in [0.2, 0.25) is 0 Å². The van der Waals surface area contributed by atoms with E-state index in [0.717, 1.165) is 17.7 Å². The first-order valence-corrected chi connectivity index (χ1v) is 11.3. The lowest BCUT2D eigenvalue weighted by molar-refractivity contribution is -0.726. The highest BCUT2D eigenvalue weighted by molar-refractivity contribution is 5.76. The van der Waals surface area contributed by atoms with Gasteiger partial charge in [0.15, 0.2) is 12.4 Å². The fourth-order valence-corrected chi connectivity index (χ4v) is 6.79. The van der Waals surface area contributed by atoms with Gasteiger partial charge in [-0.25, -0.2) is 0 Å². The summed E-state index contributed by atoms with van der Waals surface area (Å²) in [6.45, 7) is 1.62. The van der Waals surface area contributed by atoms with Gasteiger partial charge in [-0.1, -0.05) is 19.3 Å². The number of rotatable bonds is 5. The van der Waals surface area contributed by atoms with Crippen LogP contribution in [0.1, 0.15) is 51.5 Å². The molecule has 4 rings (SSSR count). The van der Waals surface area contributed by atoms with Crippen molar-refractivity contribution in [3.63, 3.8) is 0 Å². The number of allylic oxidation sites excluding steroid dienone is 2. The standard InChI is InChI=1S/C24H31N4O3/c1-15(29)12-19-20-13-16-6-4-5-7-18(16)22(20)24(23(26(2)3)21(19)14-25)27-10-8-17(9-11-27)28(30)31/h8-11,16,18-20,22,24H,4-7,12-13H2,1-3H3/q+1. The quantitative estimate of drug-likeness (QED) is 0.408. The maximum absolute atomic E-state index is 12.2. The number of carbonyl (C=O) groups excluding carboxylic acids is 1. The van der Waals surface area contributed by atoms with Crippen LogP contribution in [0, 0.1) is 51.0 Å². The molecule has 164 valence electrons. The third-order valence-electron chi connectivity index (χ3n) is 7.82. The average molecular weight is 424 g/mol. The molecule has 3 aliphatic rings. The zero-order valence-electron chi connectivity index (χ0n) is 18.5. The molecule has 1 aromatic rings. The molecule has 1 heterocycles.